The maximum absolute atomic E-state index is 15.0. The van der Waals surface area contributed by atoms with Crippen molar-refractivity contribution < 1.29 is 54.3 Å². The Morgan fingerprint density at radius 2 is 1.14 bits per heavy atom. The second kappa shape index (κ2) is 10.2. The summed E-state index contributed by atoms with van der Waals surface area (Å²) in [7, 11) is -5.93. The molecular weight excluding hydrogens is 608 g/mol. The summed E-state index contributed by atoms with van der Waals surface area (Å²) in [5, 5.41) is 0. The van der Waals surface area contributed by atoms with Crippen LogP contribution in [-0.2, 0) is 24.3 Å². The molecule has 44 heavy (non-hydrogen) atoms. The molecule has 13 heteroatoms. The predicted octanol–water partition coefficient (Wildman–Crippen LogP) is 5.47. The van der Waals surface area contributed by atoms with Crippen molar-refractivity contribution in [2.45, 2.75) is 117 Å². The monoisotopic (exact) mass is 637 g/mol. The number of hydrogen-bond acceptors (Lipinski definition) is 8. The van der Waals surface area contributed by atoms with Crippen LogP contribution in [0.2, 0.25) is 0 Å². The average Bonchev–Trinajstić information content (AvgIpc) is 3.85. The van der Waals surface area contributed by atoms with E-state index in [1.807, 2.05) is 12.1 Å². The topological polar surface area (TPSA) is 111 Å². The molecule has 6 saturated heterocycles. The Morgan fingerprint density at radius 1 is 0.705 bits per heavy atom. The predicted molar refractivity (Wildman–Crippen MR) is 141 cm³/mol. The third-order valence-electron chi connectivity index (χ3n) is 10.6. The molecule has 8 nitrogen and oxygen atoms in total. The molecule has 0 N–H and O–H groups in total. The Hall–Kier alpha value is -2.58. The third-order valence-corrected chi connectivity index (χ3v) is 11.5. The number of fused-ring (bicyclic) bond motifs is 6. The van der Waals surface area contributed by atoms with Gasteiger partial charge < -0.3 is 23.5 Å². The molecule has 9 unspecified atom stereocenters. The number of ether oxygens (including phenoxy) is 4. The molecular formula is C31H29F4O8S-. The quantitative estimate of drug-likeness (QED) is 0.135. The lowest BCUT2D eigenvalue weighted by Gasteiger charge is -2.30. The van der Waals surface area contributed by atoms with Gasteiger partial charge in [0.05, 0.1) is 42.2 Å². The molecule has 0 radical (unpaired) electrons. The van der Waals surface area contributed by atoms with Crippen molar-refractivity contribution in [1.82, 2.24) is 0 Å². The van der Waals surface area contributed by atoms with Gasteiger partial charge in [0.25, 0.3) is 0 Å². The summed E-state index contributed by atoms with van der Waals surface area (Å²) < 4.78 is 117. The highest BCUT2D eigenvalue weighted by atomic mass is 32.2. The molecule has 6 bridgehead atoms. The highest BCUT2D eigenvalue weighted by Crippen LogP contribution is 2.52. The average molecular weight is 638 g/mol. The standard InChI is InChI=1S/C31H30F4O8S/c32-25-27(34)30(44(37,38)39)28(35)26(33)29(25)43-31(36)24-19(17-10-14-2-5-22(17)41-14)7-12(16-9-13-1-4-21(16)40-13)8-20(24)18-11-15-3-6-23(18)42-15/h7-8,13-18,21-23H,1-6,9-11H2,(H,37,38,39)/p-1. The van der Waals surface area contributed by atoms with Crippen LogP contribution in [0.4, 0.5) is 17.6 Å². The summed E-state index contributed by atoms with van der Waals surface area (Å²) in [5.41, 5.74) is 2.20. The molecule has 9 atom stereocenters. The van der Waals surface area contributed by atoms with Gasteiger partial charge in [-0.3, -0.25) is 0 Å². The van der Waals surface area contributed by atoms with Gasteiger partial charge in [-0.1, -0.05) is 12.1 Å². The van der Waals surface area contributed by atoms with Crippen LogP contribution in [0.3, 0.4) is 0 Å². The van der Waals surface area contributed by atoms with Gasteiger partial charge in [-0.15, -0.1) is 0 Å². The molecule has 0 spiro atoms. The largest absolute Gasteiger partial charge is 0.744 e. The number of benzene rings is 2. The Labute approximate surface area is 250 Å². The van der Waals surface area contributed by atoms with Crippen LogP contribution in [0, 0.1) is 23.3 Å². The fourth-order valence-corrected chi connectivity index (χ4v) is 9.33. The van der Waals surface area contributed by atoms with Crippen LogP contribution in [0.1, 0.15) is 103 Å². The van der Waals surface area contributed by atoms with Gasteiger partial charge in [-0.2, -0.15) is 8.78 Å². The molecule has 2 aromatic rings. The van der Waals surface area contributed by atoms with E-state index in [0.29, 0.717) is 24.0 Å². The zero-order valence-corrected chi connectivity index (χ0v) is 24.2. The zero-order valence-electron chi connectivity index (χ0n) is 23.4. The molecule has 6 aliphatic rings. The molecule has 0 saturated carbocycles. The Kier molecular flexibility index (Phi) is 6.70. The van der Waals surface area contributed by atoms with E-state index in [9.17, 15) is 35.3 Å². The van der Waals surface area contributed by atoms with Crippen LogP contribution >= 0.6 is 0 Å². The highest BCUT2D eigenvalue weighted by molar-refractivity contribution is 7.85. The number of rotatable bonds is 6. The minimum atomic E-state index is -5.93. The molecule has 0 aliphatic carbocycles. The number of esters is 1. The smallest absolute Gasteiger partial charge is 0.344 e. The van der Waals surface area contributed by atoms with E-state index < -0.39 is 50.0 Å². The molecule has 6 fully saturated rings. The second-order valence-electron chi connectivity index (χ2n) is 13.0. The van der Waals surface area contributed by atoms with Crippen LogP contribution in [0.5, 0.6) is 5.75 Å². The Bertz CT molecular complexity index is 1600. The lowest BCUT2D eigenvalue weighted by atomic mass is 9.73. The maximum atomic E-state index is 15.0. The highest BCUT2D eigenvalue weighted by Gasteiger charge is 2.49. The van der Waals surface area contributed by atoms with E-state index in [4.69, 9.17) is 18.9 Å². The number of hydrogen-bond donors (Lipinski definition) is 0. The molecule has 2 aromatic carbocycles. The van der Waals surface area contributed by atoms with Gasteiger partial charge in [0.1, 0.15) is 15.0 Å². The van der Waals surface area contributed by atoms with Gasteiger partial charge in [0.15, 0.2) is 11.6 Å². The lowest BCUT2D eigenvalue weighted by molar-refractivity contribution is 0.0710. The third kappa shape index (κ3) is 4.44. The maximum Gasteiger partial charge on any atom is 0.344 e. The van der Waals surface area contributed by atoms with Crippen molar-refractivity contribution in [3.05, 3.63) is 57.7 Å². The molecule has 6 heterocycles. The van der Waals surface area contributed by atoms with Crippen LogP contribution < -0.4 is 4.74 Å². The van der Waals surface area contributed by atoms with E-state index in [1.54, 1.807) is 0 Å². The minimum Gasteiger partial charge on any atom is -0.744 e. The minimum absolute atomic E-state index is 0.00251. The fraction of sp³-hybridized carbons (Fsp3) is 0.581. The van der Waals surface area contributed by atoms with Gasteiger partial charge in [-0.05, 0) is 74.5 Å². The molecule has 236 valence electrons. The first kappa shape index (κ1) is 28.9. The van der Waals surface area contributed by atoms with Crippen LogP contribution in [-0.4, -0.2) is 55.6 Å². The summed E-state index contributed by atoms with van der Waals surface area (Å²) in [4.78, 5) is 11.7. The summed E-state index contributed by atoms with van der Waals surface area (Å²) in [5.74, 6) is -12.9. The van der Waals surface area contributed by atoms with Gasteiger partial charge in [0, 0.05) is 17.8 Å². The molecule has 0 aromatic heterocycles. The van der Waals surface area contributed by atoms with E-state index in [-0.39, 0.29) is 59.9 Å². The van der Waals surface area contributed by atoms with E-state index in [1.165, 1.54) is 0 Å². The Balaban J connectivity index is 1.28. The number of carbonyl (C=O) groups excluding carboxylic acids is 1. The van der Waals surface area contributed by atoms with Gasteiger partial charge in [0.2, 0.25) is 17.4 Å². The van der Waals surface area contributed by atoms with Crippen molar-refractivity contribution in [3.63, 3.8) is 0 Å². The van der Waals surface area contributed by atoms with Gasteiger partial charge in [-0.25, -0.2) is 22.0 Å². The first-order valence-electron chi connectivity index (χ1n) is 15.2. The second-order valence-corrected chi connectivity index (χ2v) is 14.3. The van der Waals surface area contributed by atoms with Crippen LogP contribution in [0.25, 0.3) is 0 Å². The first-order chi connectivity index (χ1) is 21.0. The van der Waals surface area contributed by atoms with Crippen molar-refractivity contribution in [2.75, 3.05) is 0 Å². The van der Waals surface area contributed by atoms with Crippen molar-refractivity contribution >= 4 is 16.1 Å². The molecule has 0 amide bonds. The summed E-state index contributed by atoms with van der Waals surface area (Å²) in [6.07, 6.45) is 7.08. The molecule has 6 aliphatic heterocycles. The zero-order chi connectivity index (χ0) is 30.7. The van der Waals surface area contributed by atoms with Gasteiger partial charge >= 0.3 is 5.97 Å². The van der Waals surface area contributed by atoms with Crippen molar-refractivity contribution in [2.24, 2.45) is 0 Å². The van der Waals surface area contributed by atoms with Crippen molar-refractivity contribution in [3.8, 4) is 5.75 Å². The normalized spacial score (nSPS) is 35.2. The Morgan fingerprint density at radius 3 is 1.50 bits per heavy atom. The summed E-state index contributed by atoms with van der Waals surface area (Å²) in [6.45, 7) is 0. The summed E-state index contributed by atoms with van der Waals surface area (Å²) >= 11 is 0. The van der Waals surface area contributed by atoms with Crippen molar-refractivity contribution in [1.29, 1.82) is 0 Å². The van der Waals surface area contributed by atoms with Crippen LogP contribution in [0.15, 0.2) is 17.0 Å². The first-order valence-corrected chi connectivity index (χ1v) is 16.6. The lowest BCUT2D eigenvalue weighted by Crippen LogP contribution is -2.26. The SMILES string of the molecule is O=C(Oc1c(F)c(F)c(S(=O)(=O)[O-])c(F)c1F)c1c(C2CC3CCC2O3)cc(C2CC3CCC2O3)cc1C1CC2CCC1O2. The van der Waals surface area contributed by atoms with E-state index in [2.05, 4.69) is 0 Å². The fourth-order valence-electron chi connectivity index (χ4n) is 8.71. The summed E-state index contributed by atoms with van der Waals surface area (Å²) in [6, 6.07) is 3.86. The number of carbonyl (C=O) groups is 1. The van der Waals surface area contributed by atoms with E-state index >= 15 is 0 Å². The molecule has 8 rings (SSSR count). The number of halogens is 4. The van der Waals surface area contributed by atoms with E-state index in [0.717, 1.165) is 50.5 Å².